The summed E-state index contributed by atoms with van der Waals surface area (Å²) in [6.07, 6.45) is 0. The van der Waals surface area contributed by atoms with E-state index < -0.39 is 9.84 Å². The molecule has 112 valence electrons. The largest absolute Gasteiger partial charge is 0.465 e. The SMILES string of the molecule is CCS(=O)(=O)CC(C)Nc1ccc(C(=O)OC)cc1C. The van der Waals surface area contributed by atoms with Crippen LogP contribution in [0.2, 0.25) is 0 Å². The molecule has 0 spiro atoms. The maximum absolute atomic E-state index is 11.6. The van der Waals surface area contributed by atoms with E-state index in [4.69, 9.17) is 0 Å². The molecule has 6 heteroatoms. The van der Waals surface area contributed by atoms with Gasteiger partial charge in [0, 0.05) is 17.5 Å². The van der Waals surface area contributed by atoms with Crippen LogP contribution in [0.3, 0.4) is 0 Å². The number of aryl methyl sites for hydroxylation is 1. The van der Waals surface area contributed by atoms with Gasteiger partial charge in [-0.05, 0) is 37.6 Å². The van der Waals surface area contributed by atoms with Crippen LogP contribution in [0.4, 0.5) is 5.69 Å². The number of rotatable bonds is 6. The Morgan fingerprint density at radius 1 is 1.40 bits per heavy atom. The molecule has 0 amide bonds. The molecule has 1 aromatic rings. The Morgan fingerprint density at radius 2 is 2.05 bits per heavy atom. The van der Waals surface area contributed by atoms with Crippen LogP contribution in [-0.2, 0) is 14.6 Å². The van der Waals surface area contributed by atoms with E-state index in [0.717, 1.165) is 11.3 Å². The molecule has 20 heavy (non-hydrogen) atoms. The number of carbonyl (C=O) groups is 1. The van der Waals surface area contributed by atoms with Crippen LogP contribution < -0.4 is 5.32 Å². The van der Waals surface area contributed by atoms with Gasteiger partial charge >= 0.3 is 5.97 Å². The summed E-state index contributed by atoms with van der Waals surface area (Å²) in [7, 11) is -1.68. The van der Waals surface area contributed by atoms with Crippen LogP contribution in [-0.4, -0.2) is 39.0 Å². The van der Waals surface area contributed by atoms with Gasteiger partial charge in [0.15, 0.2) is 9.84 Å². The Hall–Kier alpha value is -1.56. The molecular weight excluding hydrogens is 278 g/mol. The lowest BCUT2D eigenvalue weighted by atomic mass is 10.1. The molecule has 5 nitrogen and oxygen atoms in total. The van der Waals surface area contributed by atoms with Crippen LogP contribution in [0.15, 0.2) is 18.2 Å². The minimum atomic E-state index is -3.01. The molecule has 0 bridgehead atoms. The highest BCUT2D eigenvalue weighted by Crippen LogP contribution is 2.18. The first-order valence-corrected chi connectivity index (χ1v) is 8.27. The summed E-state index contributed by atoms with van der Waals surface area (Å²) < 4.78 is 27.8. The molecular formula is C14H21NO4S. The maximum Gasteiger partial charge on any atom is 0.337 e. The highest BCUT2D eigenvalue weighted by atomic mass is 32.2. The van der Waals surface area contributed by atoms with Crippen LogP contribution >= 0.6 is 0 Å². The third-order valence-electron chi connectivity index (χ3n) is 2.99. The van der Waals surface area contributed by atoms with Gasteiger partial charge in [0.2, 0.25) is 0 Å². The molecule has 0 aromatic heterocycles. The van der Waals surface area contributed by atoms with Crippen LogP contribution in [0, 0.1) is 6.92 Å². The van der Waals surface area contributed by atoms with E-state index in [1.165, 1.54) is 7.11 Å². The van der Waals surface area contributed by atoms with Crippen molar-refractivity contribution < 1.29 is 17.9 Å². The Morgan fingerprint density at radius 3 is 2.55 bits per heavy atom. The van der Waals surface area contributed by atoms with Gasteiger partial charge in [0.05, 0.1) is 18.4 Å². The number of methoxy groups -OCH3 is 1. The number of esters is 1. The van der Waals surface area contributed by atoms with Gasteiger partial charge in [0.25, 0.3) is 0 Å². The molecule has 0 aliphatic carbocycles. The molecule has 0 fully saturated rings. The standard InChI is InChI=1S/C14H21NO4S/c1-5-20(17,18)9-11(3)15-13-7-6-12(8-10(13)2)14(16)19-4/h6-8,11,15H,5,9H2,1-4H3. The summed E-state index contributed by atoms with van der Waals surface area (Å²) in [6.45, 7) is 5.31. The number of sulfone groups is 1. The van der Waals surface area contributed by atoms with Crippen molar-refractivity contribution in [2.24, 2.45) is 0 Å². The summed E-state index contributed by atoms with van der Waals surface area (Å²) >= 11 is 0. The molecule has 0 aliphatic heterocycles. The minimum absolute atomic E-state index is 0.0850. The number of anilines is 1. The lowest BCUT2D eigenvalue weighted by molar-refractivity contribution is 0.0600. The van der Waals surface area contributed by atoms with Crippen molar-refractivity contribution in [3.05, 3.63) is 29.3 Å². The number of hydrogen-bond acceptors (Lipinski definition) is 5. The quantitative estimate of drug-likeness (QED) is 0.814. The Labute approximate surface area is 120 Å². The van der Waals surface area contributed by atoms with E-state index in [1.807, 2.05) is 13.8 Å². The lowest BCUT2D eigenvalue weighted by Crippen LogP contribution is -2.27. The predicted octanol–water partition coefficient (Wildman–Crippen LogP) is 2.02. The molecule has 0 aliphatic rings. The number of benzene rings is 1. The third-order valence-corrected chi connectivity index (χ3v) is 4.88. The fourth-order valence-corrected chi connectivity index (χ4v) is 2.96. The van der Waals surface area contributed by atoms with Crippen molar-refractivity contribution in [3.63, 3.8) is 0 Å². The molecule has 1 rings (SSSR count). The van der Waals surface area contributed by atoms with Gasteiger partial charge in [-0.3, -0.25) is 0 Å². The van der Waals surface area contributed by atoms with Gasteiger partial charge in [-0.15, -0.1) is 0 Å². The number of carbonyl (C=O) groups excluding carboxylic acids is 1. The number of hydrogen-bond donors (Lipinski definition) is 1. The van der Waals surface area contributed by atoms with Crippen molar-refractivity contribution in [2.45, 2.75) is 26.8 Å². The molecule has 0 saturated carbocycles. The highest BCUT2D eigenvalue weighted by Gasteiger charge is 2.15. The van der Waals surface area contributed by atoms with Gasteiger partial charge in [-0.2, -0.15) is 0 Å². The second-order valence-electron chi connectivity index (χ2n) is 4.77. The number of ether oxygens (including phenoxy) is 1. The smallest absolute Gasteiger partial charge is 0.337 e. The van der Waals surface area contributed by atoms with E-state index >= 15 is 0 Å². The van der Waals surface area contributed by atoms with Crippen molar-refractivity contribution in [1.29, 1.82) is 0 Å². The molecule has 1 aromatic carbocycles. The summed E-state index contributed by atoms with van der Waals surface area (Å²) in [6, 6.07) is 4.94. The zero-order valence-electron chi connectivity index (χ0n) is 12.3. The zero-order chi connectivity index (χ0) is 15.3. The Kier molecular flexibility index (Phi) is 5.56. The lowest BCUT2D eigenvalue weighted by Gasteiger charge is -2.17. The van der Waals surface area contributed by atoms with Gasteiger partial charge in [-0.1, -0.05) is 6.92 Å². The normalized spacial score (nSPS) is 12.8. The van der Waals surface area contributed by atoms with Gasteiger partial charge < -0.3 is 10.1 Å². The third kappa shape index (κ3) is 4.52. The van der Waals surface area contributed by atoms with Crippen LogP contribution in [0.25, 0.3) is 0 Å². The first-order chi connectivity index (χ1) is 9.29. The molecule has 1 N–H and O–H groups in total. The van der Waals surface area contributed by atoms with Crippen molar-refractivity contribution in [3.8, 4) is 0 Å². The molecule has 0 saturated heterocycles. The Bertz CT molecular complexity index is 581. The molecule has 1 atom stereocenters. The van der Waals surface area contributed by atoms with Crippen LogP contribution in [0.5, 0.6) is 0 Å². The van der Waals surface area contributed by atoms with Gasteiger partial charge in [-0.25, -0.2) is 13.2 Å². The fourth-order valence-electron chi connectivity index (χ4n) is 1.88. The topological polar surface area (TPSA) is 72.5 Å². The van der Waals surface area contributed by atoms with Crippen molar-refractivity contribution >= 4 is 21.5 Å². The highest BCUT2D eigenvalue weighted by molar-refractivity contribution is 7.91. The summed E-state index contributed by atoms with van der Waals surface area (Å²) in [5, 5.41) is 3.15. The zero-order valence-corrected chi connectivity index (χ0v) is 13.1. The van der Waals surface area contributed by atoms with E-state index in [2.05, 4.69) is 10.1 Å². The van der Waals surface area contributed by atoms with Gasteiger partial charge in [0.1, 0.15) is 0 Å². The summed E-state index contributed by atoms with van der Waals surface area (Å²) in [5.41, 5.74) is 2.16. The summed E-state index contributed by atoms with van der Waals surface area (Å²) in [4.78, 5) is 11.4. The van der Waals surface area contributed by atoms with E-state index in [9.17, 15) is 13.2 Å². The molecule has 0 radical (unpaired) electrons. The minimum Gasteiger partial charge on any atom is -0.465 e. The monoisotopic (exact) mass is 299 g/mol. The van der Waals surface area contributed by atoms with E-state index in [1.54, 1.807) is 25.1 Å². The second-order valence-corrected chi connectivity index (χ2v) is 7.16. The number of nitrogens with one attached hydrogen (secondary N) is 1. The molecule has 0 heterocycles. The van der Waals surface area contributed by atoms with E-state index in [-0.39, 0.29) is 23.5 Å². The fraction of sp³-hybridized carbons (Fsp3) is 0.500. The molecule has 1 unspecified atom stereocenters. The Balaban J connectivity index is 2.81. The van der Waals surface area contributed by atoms with Crippen molar-refractivity contribution in [1.82, 2.24) is 0 Å². The first-order valence-electron chi connectivity index (χ1n) is 6.45. The summed E-state index contributed by atoms with van der Waals surface area (Å²) in [5.74, 6) is -0.165. The predicted molar refractivity (Wildman–Crippen MR) is 79.9 cm³/mol. The maximum atomic E-state index is 11.6. The average Bonchev–Trinajstić information content (AvgIpc) is 2.39. The van der Waals surface area contributed by atoms with Crippen LogP contribution in [0.1, 0.15) is 29.8 Å². The first kappa shape index (κ1) is 16.5. The van der Waals surface area contributed by atoms with Crippen molar-refractivity contribution in [2.75, 3.05) is 23.9 Å². The van der Waals surface area contributed by atoms with E-state index in [0.29, 0.717) is 5.56 Å². The average molecular weight is 299 g/mol. The second kappa shape index (κ2) is 6.74.